The maximum absolute atomic E-state index is 2.64. The van der Waals surface area contributed by atoms with Crippen LogP contribution in [0.5, 0.6) is 0 Å². The van der Waals surface area contributed by atoms with E-state index in [4.69, 9.17) is 0 Å². The lowest BCUT2D eigenvalue weighted by Crippen LogP contribution is -2.67. The van der Waals surface area contributed by atoms with E-state index in [1.165, 1.54) is 60.3 Å². The van der Waals surface area contributed by atoms with E-state index in [9.17, 15) is 0 Å². The number of benzene rings is 4. The summed E-state index contributed by atoms with van der Waals surface area (Å²) in [5, 5.41) is 8.11. The van der Waals surface area contributed by atoms with Gasteiger partial charge in [0.1, 0.15) is 0 Å². The van der Waals surface area contributed by atoms with E-state index < -0.39 is 0 Å². The van der Waals surface area contributed by atoms with Gasteiger partial charge in [-0.1, -0.05) is 74.0 Å². The summed E-state index contributed by atoms with van der Waals surface area (Å²) in [5.41, 5.74) is 7.12. The number of rotatable bonds is 2. The molecule has 1 aliphatic heterocycles. The molecule has 0 saturated heterocycles. The maximum Gasteiger partial charge on any atom is 0.221 e. The Kier molecular flexibility index (Phi) is 4.49. The van der Waals surface area contributed by atoms with Gasteiger partial charge in [-0.2, -0.15) is 4.57 Å². The minimum Gasteiger partial charge on any atom is -0.192 e. The van der Waals surface area contributed by atoms with Crippen LogP contribution in [0.1, 0.15) is 57.2 Å². The number of hydrogen-bond donors (Lipinski definition) is 0. The van der Waals surface area contributed by atoms with Gasteiger partial charge in [0.2, 0.25) is 5.69 Å². The fourth-order valence-electron chi connectivity index (χ4n) is 7.16. The predicted molar refractivity (Wildman–Crippen MR) is 146 cm³/mol. The van der Waals surface area contributed by atoms with E-state index in [-0.39, 0.29) is 11.0 Å². The molecule has 2 unspecified atom stereocenters. The molecule has 0 fully saturated rings. The molecule has 5 aromatic rings. The minimum atomic E-state index is -0.0228. The number of fused-ring (bicyclic) bond motifs is 10. The van der Waals surface area contributed by atoms with Crippen LogP contribution in [0.4, 0.5) is 0 Å². The lowest BCUT2D eigenvalue weighted by Gasteiger charge is -2.47. The molecule has 0 aliphatic carbocycles. The Morgan fingerprint density at radius 1 is 0.706 bits per heavy atom. The van der Waals surface area contributed by atoms with Crippen molar-refractivity contribution >= 4 is 32.3 Å². The first-order valence-corrected chi connectivity index (χ1v) is 12.8. The first kappa shape index (κ1) is 21.4. The van der Waals surface area contributed by atoms with Crippen LogP contribution >= 0.6 is 0 Å². The Morgan fingerprint density at radius 2 is 1.26 bits per heavy atom. The molecule has 0 bridgehead atoms. The fourth-order valence-corrected chi connectivity index (χ4v) is 7.16. The summed E-state index contributed by atoms with van der Waals surface area (Å²) in [7, 11) is 0. The van der Waals surface area contributed by atoms with Gasteiger partial charge < -0.3 is 0 Å². The Labute approximate surface area is 203 Å². The van der Waals surface area contributed by atoms with Crippen LogP contribution in [0.15, 0.2) is 72.9 Å². The van der Waals surface area contributed by atoms with Gasteiger partial charge in [-0.3, -0.25) is 0 Å². The Balaban J connectivity index is 1.94. The Bertz CT molecular complexity index is 1590. The Hall–Kier alpha value is -3.19. The molecule has 170 valence electrons. The van der Waals surface area contributed by atoms with Crippen molar-refractivity contribution in [1.82, 2.24) is 0 Å². The van der Waals surface area contributed by atoms with Crippen molar-refractivity contribution in [3.8, 4) is 11.3 Å². The van der Waals surface area contributed by atoms with Crippen molar-refractivity contribution in [3.05, 3.63) is 89.6 Å². The fraction of sp³-hybridized carbons (Fsp3) is 0.303. The smallest absolute Gasteiger partial charge is 0.192 e. The molecule has 0 radical (unpaired) electrons. The van der Waals surface area contributed by atoms with Crippen LogP contribution in [0.3, 0.4) is 0 Å². The second kappa shape index (κ2) is 7.15. The van der Waals surface area contributed by atoms with Gasteiger partial charge in [-0.05, 0) is 65.9 Å². The molecule has 0 amide bonds. The zero-order valence-corrected chi connectivity index (χ0v) is 21.3. The largest absolute Gasteiger partial charge is 0.221 e. The number of hydrogen-bond acceptors (Lipinski definition) is 0. The van der Waals surface area contributed by atoms with Crippen molar-refractivity contribution < 1.29 is 4.57 Å². The lowest BCUT2D eigenvalue weighted by atomic mass is 9.59. The molecule has 6 rings (SSSR count). The highest BCUT2D eigenvalue weighted by atomic mass is 15.1. The van der Waals surface area contributed by atoms with Crippen molar-refractivity contribution in [1.29, 1.82) is 0 Å². The summed E-state index contributed by atoms with van der Waals surface area (Å²) < 4.78 is 2.64. The van der Waals surface area contributed by atoms with Gasteiger partial charge in [-0.25, -0.2) is 0 Å². The summed E-state index contributed by atoms with van der Waals surface area (Å²) in [6.45, 7) is 14.3. The predicted octanol–water partition coefficient (Wildman–Crippen LogP) is 8.52. The van der Waals surface area contributed by atoms with E-state index in [2.05, 4.69) is 119 Å². The molecular formula is C33H34N+. The Morgan fingerprint density at radius 3 is 1.85 bits per heavy atom. The zero-order chi connectivity index (χ0) is 23.8. The molecule has 1 aromatic heterocycles. The van der Waals surface area contributed by atoms with Crippen LogP contribution in [0, 0.1) is 13.8 Å². The summed E-state index contributed by atoms with van der Waals surface area (Å²) in [6, 6.07) is 25.1. The minimum absolute atomic E-state index is 0.0228. The van der Waals surface area contributed by atoms with E-state index in [1.54, 1.807) is 0 Å². The highest BCUT2D eigenvalue weighted by molar-refractivity contribution is 6.27. The highest BCUT2D eigenvalue weighted by Gasteiger charge is 2.57. The van der Waals surface area contributed by atoms with Crippen molar-refractivity contribution in [2.75, 3.05) is 0 Å². The average molecular weight is 445 g/mol. The summed E-state index contributed by atoms with van der Waals surface area (Å²) in [5.74, 6) is 0. The van der Waals surface area contributed by atoms with Crippen LogP contribution in [0.2, 0.25) is 0 Å². The van der Waals surface area contributed by atoms with Gasteiger partial charge in [0.05, 0.1) is 16.4 Å². The summed E-state index contributed by atoms with van der Waals surface area (Å²) >= 11 is 0. The van der Waals surface area contributed by atoms with Crippen LogP contribution in [0.25, 0.3) is 43.6 Å². The van der Waals surface area contributed by atoms with E-state index >= 15 is 0 Å². The molecule has 1 nitrogen and oxygen atoms in total. The van der Waals surface area contributed by atoms with Gasteiger partial charge >= 0.3 is 0 Å². The van der Waals surface area contributed by atoms with E-state index in [0.29, 0.717) is 0 Å². The molecule has 0 N–H and O–H groups in total. The monoisotopic (exact) mass is 444 g/mol. The third-order valence-electron chi connectivity index (χ3n) is 9.24. The summed E-state index contributed by atoms with van der Waals surface area (Å²) in [6.07, 6.45) is 4.58. The van der Waals surface area contributed by atoms with Crippen molar-refractivity contribution in [2.45, 2.75) is 65.3 Å². The lowest BCUT2D eigenvalue weighted by molar-refractivity contribution is -0.764. The average Bonchev–Trinajstić information content (AvgIpc) is 2.86. The van der Waals surface area contributed by atoms with Gasteiger partial charge in [0.25, 0.3) is 0 Å². The standard InChI is InChI=1S/C33H34N/c1-7-32(5)30-22(4)19-21(3)20-28(30)31-29-26-16-12-11-14-24(26)23-13-9-10-15-25(23)27(29)17-18-34(31)33(32,6)8-2/h9-20H,7-8H2,1-6H3/q+1. The van der Waals surface area contributed by atoms with Crippen LogP contribution in [-0.4, -0.2) is 0 Å². The quantitative estimate of drug-likeness (QED) is 0.190. The third-order valence-corrected chi connectivity index (χ3v) is 9.24. The molecule has 2 heterocycles. The van der Waals surface area contributed by atoms with Crippen molar-refractivity contribution in [3.63, 3.8) is 0 Å². The third kappa shape index (κ3) is 2.48. The molecule has 0 spiro atoms. The normalized spacial score (nSPS) is 21.7. The molecule has 1 aliphatic rings. The highest BCUT2D eigenvalue weighted by Crippen LogP contribution is 2.53. The number of aryl methyl sites for hydroxylation is 2. The zero-order valence-electron chi connectivity index (χ0n) is 21.3. The van der Waals surface area contributed by atoms with Gasteiger partial charge in [0, 0.05) is 24.8 Å². The number of nitrogens with zero attached hydrogens (tertiary/aromatic N) is 1. The molecular weight excluding hydrogens is 410 g/mol. The van der Waals surface area contributed by atoms with Gasteiger partial charge in [-0.15, -0.1) is 0 Å². The second-order valence-corrected chi connectivity index (χ2v) is 10.7. The molecule has 1 heteroatoms. The first-order chi connectivity index (χ1) is 16.4. The van der Waals surface area contributed by atoms with Crippen LogP contribution in [-0.2, 0) is 11.0 Å². The first-order valence-electron chi connectivity index (χ1n) is 12.8. The SMILES string of the molecule is CCC1(C)c2c(C)cc(C)cc2-c2c3c4ccccc4c4ccccc4c3cc[n+]2C1(C)CC. The molecule has 2 atom stereocenters. The van der Waals surface area contributed by atoms with E-state index in [1.807, 2.05) is 0 Å². The summed E-state index contributed by atoms with van der Waals surface area (Å²) in [4.78, 5) is 0. The number of pyridine rings is 1. The van der Waals surface area contributed by atoms with Crippen LogP contribution < -0.4 is 4.57 Å². The maximum atomic E-state index is 2.64. The second-order valence-electron chi connectivity index (χ2n) is 10.7. The van der Waals surface area contributed by atoms with Crippen molar-refractivity contribution in [2.24, 2.45) is 0 Å². The molecule has 0 saturated carbocycles. The van der Waals surface area contributed by atoms with Gasteiger partial charge in [0.15, 0.2) is 11.7 Å². The molecule has 34 heavy (non-hydrogen) atoms. The number of aromatic nitrogens is 1. The molecule has 4 aromatic carbocycles. The topological polar surface area (TPSA) is 3.88 Å². The van der Waals surface area contributed by atoms with E-state index in [0.717, 1.165) is 12.8 Å².